The molecule has 0 fully saturated rings. The molecule has 0 N–H and O–H groups in total. The van der Waals surface area contributed by atoms with E-state index in [9.17, 15) is 4.79 Å². The fourth-order valence-corrected chi connectivity index (χ4v) is 2.80. The lowest BCUT2D eigenvalue weighted by Gasteiger charge is -2.20. The van der Waals surface area contributed by atoms with Crippen molar-refractivity contribution in [2.24, 2.45) is 0 Å². The highest BCUT2D eigenvalue weighted by Crippen LogP contribution is 2.24. The third-order valence-electron chi connectivity index (χ3n) is 2.96. The van der Waals surface area contributed by atoms with Crippen LogP contribution in [0.3, 0.4) is 0 Å². The van der Waals surface area contributed by atoms with E-state index in [0.29, 0.717) is 17.7 Å². The summed E-state index contributed by atoms with van der Waals surface area (Å²) >= 11 is 1.59. The predicted molar refractivity (Wildman–Crippen MR) is 80.1 cm³/mol. The lowest BCUT2D eigenvalue weighted by Crippen LogP contribution is -2.19. The van der Waals surface area contributed by atoms with Gasteiger partial charge in [-0.1, -0.05) is 0 Å². The second-order valence-electron chi connectivity index (χ2n) is 4.64. The number of nitriles is 1. The number of hydrogen-bond acceptors (Lipinski definition) is 5. The van der Waals surface area contributed by atoms with Gasteiger partial charge in [0, 0.05) is 29.4 Å². The highest BCUT2D eigenvalue weighted by molar-refractivity contribution is 7.09. The van der Waals surface area contributed by atoms with Crippen LogP contribution in [-0.4, -0.2) is 17.8 Å². The molecule has 2 aromatic rings. The summed E-state index contributed by atoms with van der Waals surface area (Å²) in [6.07, 6.45) is 0. The second kappa shape index (κ2) is 5.85. The van der Waals surface area contributed by atoms with Crippen molar-refractivity contribution < 1.29 is 4.79 Å². The number of aryl methyl sites for hydroxylation is 1. The van der Waals surface area contributed by atoms with Crippen molar-refractivity contribution in [2.45, 2.75) is 20.4 Å². The van der Waals surface area contributed by atoms with Gasteiger partial charge in [0.2, 0.25) is 0 Å². The maximum Gasteiger partial charge on any atom is 0.161 e. The van der Waals surface area contributed by atoms with E-state index in [4.69, 9.17) is 5.26 Å². The third-order valence-corrected chi connectivity index (χ3v) is 3.91. The molecule has 0 aliphatic rings. The highest BCUT2D eigenvalue weighted by Gasteiger charge is 2.13. The number of aromatic nitrogens is 1. The zero-order chi connectivity index (χ0) is 14.7. The number of hydrogen-bond donors (Lipinski definition) is 0. The Hall–Kier alpha value is -2.19. The van der Waals surface area contributed by atoms with Crippen LogP contribution in [0.2, 0.25) is 0 Å². The number of Topliss-reactive ketones (excluding diaryl/α,β-unsaturated/α-hetero) is 1. The zero-order valence-corrected chi connectivity index (χ0v) is 12.5. The van der Waals surface area contributed by atoms with E-state index in [0.717, 1.165) is 16.4 Å². The first-order chi connectivity index (χ1) is 9.51. The smallest absolute Gasteiger partial charge is 0.161 e. The Morgan fingerprint density at radius 2 is 2.25 bits per heavy atom. The molecule has 0 amide bonds. The summed E-state index contributed by atoms with van der Waals surface area (Å²) < 4.78 is 0. The Labute approximate surface area is 122 Å². The largest absolute Gasteiger partial charge is 0.367 e. The fraction of sp³-hybridized carbons (Fsp3) is 0.267. The molecule has 1 aromatic carbocycles. The molecule has 5 heteroatoms. The van der Waals surface area contributed by atoms with Gasteiger partial charge in [0.15, 0.2) is 5.78 Å². The number of ketones is 1. The van der Waals surface area contributed by atoms with Gasteiger partial charge in [-0.3, -0.25) is 4.79 Å². The third kappa shape index (κ3) is 3.03. The Bertz CT molecular complexity index is 685. The van der Waals surface area contributed by atoms with Crippen molar-refractivity contribution in [3.8, 4) is 6.07 Å². The van der Waals surface area contributed by atoms with Crippen LogP contribution in [0, 0.1) is 18.3 Å². The van der Waals surface area contributed by atoms with E-state index in [-0.39, 0.29) is 5.78 Å². The van der Waals surface area contributed by atoms with Crippen molar-refractivity contribution in [1.82, 2.24) is 4.98 Å². The maximum absolute atomic E-state index is 11.7. The van der Waals surface area contributed by atoms with Crippen molar-refractivity contribution in [2.75, 3.05) is 11.9 Å². The van der Waals surface area contributed by atoms with Crippen LogP contribution in [0.15, 0.2) is 23.6 Å². The molecule has 0 atom stereocenters. The molecule has 102 valence electrons. The van der Waals surface area contributed by atoms with Gasteiger partial charge in [-0.2, -0.15) is 5.26 Å². The van der Waals surface area contributed by atoms with Gasteiger partial charge in [0.25, 0.3) is 0 Å². The quantitative estimate of drug-likeness (QED) is 0.810. The molecule has 0 bridgehead atoms. The normalized spacial score (nSPS) is 10.1. The lowest BCUT2D eigenvalue weighted by atomic mass is 10.1. The average Bonchev–Trinajstić information content (AvgIpc) is 2.83. The molecule has 0 aliphatic carbocycles. The minimum atomic E-state index is -0.00772. The Morgan fingerprint density at radius 1 is 1.50 bits per heavy atom. The van der Waals surface area contributed by atoms with Crippen LogP contribution in [0.5, 0.6) is 0 Å². The van der Waals surface area contributed by atoms with Crippen LogP contribution in [0.4, 0.5) is 5.69 Å². The molecule has 1 heterocycles. The van der Waals surface area contributed by atoms with Crippen molar-refractivity contribution >= 4 is 22.8 Å². The number of thiazole rings is 1. The Kier molecular flexibility index (Phi) is 4.16. The molecule has 1 aromatic heterocycles. The number of nitrogens with zero attached hydrogens (tertiary/aromatic N) is 3. The van der Waals surface area contributed by atoms with Gasteiger partial charge < -0.3 is 4.90 Å². The zero-order valence-electron chi connectivity index (χ0n) is 11.7. The number of anilines is 1. The van der Waals surface area contributed by atoms with Gasteiger partial charge in [-0.15, -0.1) is 11.3 Å². The van der Waals surface area contributed by atoms with Gasteiger partial charge in [0.05, 0.1) is 18.2 Å². The summed E-state index contributed by atoms with van der Waals surface area (Å²) in [5, 5.41) is 12.0. The first-order valence-corrected chi connectivity index (χ1v) is 7.06. The highest BCUT2D eigenvalue weighted by atomic mass is 32.1. The summed E-state index contributed by atoms with van der Waals surface area (Å²) in [6, 6.07) is 7.23. The van der Waals surface area contributed by atoms with E-state index in [1.165, 1.54) is 6.92 Å². The van der Waals surface area contributed by atoms with Crippen molar-refractivity contribution in [3.63, 3.8) is 0 Å². The number of rotatable bonds is 4. The van der Waals surface area contributed by atoms with Gasteiger partial charge in [-0.05, 0) is 32.0 Å². The lowest BCUT2D eigenvalue weighted by molar-refractivity contribution is 0.101. The number of benzene rings is 1. The van der Waals surface area contributed by atoms with E-state index in [2.05, 4.69) is 11.1 Å². The average molecular weight is 285 g/mol. The molecule has 0 saturated heterocycles. The molecule has 0 unspecified atom stereocenters. The van der Waals surface area contributed by atoms with Crippen molar-refractivity contribution in [1.29, 1.82) is 5.26 Å². The van der Waals surface area contributed by atoms with E-state index in [1.54, 1.807) is 29.5 Å². The van der Waals surface area contributed by atoms with Crippen LogP contribution >= 0.6 is 11.3 Å². The van der Waals surface area contributed by atoms with Crippen LogP contribution in [0.1, 0.15) is 33.5 Å². The molecule has 0 aliphatic heterocycles. The van der Waals surface area contributed by atoms with Crippen molar-refractivity contribution in [3.05, 3.63) is 45.4 Å². The van der Waals surface area contributed by atoms with Gasteiger partial charge >= 0.3 is 0 Å². The fourth-order valence-electron chi connectivity index (χ4n) is 1.98. The van der Waals surface area contributed by atoms with E-state index < -0.39 is 0 Å². The van der Waals surface area contributed by atoms with Gasteiger partial charge in [0.1, 0.15) is 5.01 Å². The number of carbonyl (C=O) groups excluding carboxylic acids is 1. The minimum absolute atomic E-state index is 0.00772. The molecular formula is C15H15N3OS. The van der Waals surface area contributed by atoms with E-state index in [1.807, 2.05) is 24.3 Å². The van der Waals surface area contributed by atoms with Crippen LogP contribution < -0.4 is 4.90 Å². The second-order valence-corrected chi connectivity index (χ2v) is 5.58. The molecule has 2 rings (SSSR count). The van der Waals surface area contributed by atoms with E-state index >= 15 is 0 Å². The molecule has 0 spiro atoms. The maximum atomic E-state index is 11.7. The summed E-state index contributed by atoms with van der Waals surface area (Å²) in [7, 11) is 1.90. The summed E-state index contributed by atoms with van der Waals surface area (Å²) in [4.78, 5) is 18.1. The first-order valence-electron chi connectivity index (χ1n) is 6.18. The monoisotopic (exact) mass is 285 g/mol. The molecule has 20 heavy (non-hydrogen) atoms. The molecule has 4 nitrogen and oxygen atoms in total. The van der Waals surface area contributed by atoms with Crippen LogP contribution in [0.25, 0.3) is 0 Å². The Morgan fingerprint density at radius 3 is 2.80 bits per heavy atom. The summed E-state index contributed by atoms with van der Waals surface area (Å²) in [5.41, 5.74) is 2.94. The summed E-state index contributed by atoms with van der Waals surface area (Å²) in [6.45, 7) is 4.11. The number of carbonyl (C=O) groups is 1. The topological polar surface area (TPSA) is 57.0 Å². The minimum Gasteiger partial charge on any atom is -0.367 e. The Balaban J connectivity index is 2.34. The molecule has 0 saturated carbocycles. The van der Waals surface area contributed by atoms with Crippen LogP contribution in [-0.2, 0) is 6.54 Å². The SMILES string of the molecule is CC(=O)c1ccc(C#N)cc1N(C)Cc1nc(C)cs1. The first kappa shape index (κ1) is 14.2. The predicted octanol–water partition coefficient (Wildman–Crippen LogP) is 3.16. The standard InChI is InChI=1S/C15H15N3OS/c1-10-9-20-15(17-10)8-18(3)14-6-12(7-16)4-5-13(14)11(2)19/h4-6,9H,8H2,1-3H3. The molecule has 0 radical (unpaired) electrons. The summed E-state index contributed by atoms with van der Waals surface area (Å²) in [5.74, 6) is -0.00772. The van der Waals surface area contributed by atoms with Gasteiger partial charge in [-0.25, -0.2) is 4.98 Å². The molecular weight excluding hydrogens is 270 g/mol.